The summed E-state index contributed by atoms with van der Waals surface area (Å²) in [6.07, 6.45) is 2.85. The zero-order chi connectivity index (χ0) is 15.6. The second-order valence-corrected chi connectivity index (χ2v) is 5.29. The maximum atomic E-state index is 11.3. The second-order valence-electron chi connectivity index (χ2n) is 5.29. The number of carbonyl (C=O) groups is 1. The Morgan fingerprint density at radius 1 is 1.43 bits per heavy atom. The molecule has 0 saturated heterocycles. The average molecular weight is 290 g/mol. The number of rotatable bonds is 6. The first-order valence-electron chi connectivity index (χ1n) is 7.26. The van der Waals surface area contributed by atoms with Crippen LogP contribution in [0, 0.1) is 0 Å². The highest BCUT2D eigenvalue weighted by molar-refractivity contribution is 5.96. The molecule has 0 amide bonds. The lowest BCUT2D eigenvalue weighted by atomic mass is 10.0. The van der Waals surface area contributed by atoms with E-state index in [4.69, 9.17) is 5.73 Å². The third kappa shape index (κ3) is 2.94. The number of aliphatic hydroxyl groups is 1. The van der Waals surface area contributed by atoms with Crippen LogP contribution in [0.25, 0.3) is 10.9 Å². The molecular weight excluding hydrogens is 268 g/mol. The van der Waals surface area contributed by atoms with Crippen molar-refractivity contribution in [3.63, 3.8) is 0 Å². The summed E-state index contributed by atoms with van der Waals surface area (Å²) < 4.78 is 2.08. The smallest absolute Gasteiger partial charge is 0.335 e. The third-order valence-electron chi connectivity index (χ3n) is 3.76. The van der Waals surface area contributed by atoms with Crippen molar-refractivity contribution >= 4 is 16.9 Å². The number of benzene rings is 1. The second kappa shape index (κ2) is 6.28. The normalized spacial score (nSPS) is 12.8. The summed E-state index contributed by atoms with van der Waals surface area (Å²) in [4.78, 5) is 11.3. The first kappa shape index (κ1) is 15.5. The van der Waals surface area contributed by atoms with Crippen LogP contribution in [0.4, 0.5) is 0 Å². The van der Waals surface area contributed by atoms with Gasteiger partial charge in [-0.25, -0.2) is 4.79 Å². The first-order valence-corrected chi connectivity index (χ1v) is 7.26. The van der Waals surface area contributed by atoms with E-state index in [1.807, 2.05) is 13.1 Å². The van der Waals surface area contributed by atoms with Crippen molar-refractivity contribution in [3.05, 3.63) is 35.0 Å². The molecule has 1 atom stereocenters. The van der Waals surface area contributed by atoms with Gasteiger partial charge in [0, 0.05) is 23.7 Å². The Hall–Kier alpha value is -1.85. The van der Waals surface area contributed by atoms with E-state index < -0.39 is 12.1 Å². The molecule has 0 bridgehead atoms. The summed E-state index contributed by atoms with van der Waals surface area (Å²) in [6.45, 7) is 5.06. The van der Waals surface area contributed by atoms with Crippen molar-refractivity contribution in [2.45, 2.75) is 39.3 Å². The highest BCUT2D eigenvalue weighted by Crippen LogP contribution is 2.31. The molecule has 2 aromatic rings. The van der Waals surface area contributed by atoms with Crippen molar-refractivity contribution < 1.29 is 15.0 Å². The van der Waals surface area contributed by atoms with Gasteiger partial charge in [0.15, 0.2) is 0 Å². The van der Waals surface area contributed by atoms with E-state index in [1.165, 1.54) is 0 Å². The van der Waals surface area contributed by atoms with E-state index in [0.29, 0.717) is 6.54 Å². The van der Waals surface area contributed by atoms with Crippen LogP contribution in [0.3, 0.4) is 0 Å². The monoisotopic (exact) mass is 290 g/mol. The quantitative estimate of drug-likeness (QED) is 0.761. The predicted molar refractivity (Wildman–Crippen MR) is 82.6 cm³/mol. The number of carboxylic acids is 1. The first-order chi connectivity index (χ1) is 9.99. The van der Waals surface area contributed by atoms with Crippen LogP contribution in [0.5, 0.6) is 0 Å². The molecule has 5 nitrogen and oxygen atoms in total. The Morgan fingerprint density at radius 3 is 2.67 bits per heavy atom. The van der Waals surface area contributed by atoms with E-state index in [0.717, 1.165) is 41.4 Å². The minimum atomic E-state index is -0.946. The predicted octanol–water partition coefficient (Wildman–Crippen LogP) is 2.30. The molecule has 0 radical (unpaired) electrons. The molecule has 0 aliphatic carbocycles. The highest BCUT2D eigenvalue weighted by Gasteiger charge is 2.17. The topological polar surface area (TPSA) is 88.5 Å². The van der Waals surface area contributed by atoms with Crippen LogP contribution in [-0.4, -0.2) is 27.3 Å². The summed E-state index contributed by atoms with van der Waals surface area (Å²) in [5, 5.41) is 20.0. The lowest BCUT2D eigenvalue weighted by Gasteiger charge is -2.09. The molecule has 4 N–H and O–H groups in total. The molecule has 5 heteroatoms. The number of fused-ring (bicyclic) bond motifs is 1. The SMILES string of the molecule is CCc1cc(C(=O)O)cc2c(C(C)O)cn(CCCN)c12. The van der Waals surface area contributed by atoms with Gasteiger partial charge >= 0.3 is 5.97 Å². The van der Waals surface area contributed by atoms with Crippen LogP contribution in [0.15, 0.2) is 18.3 Å². The van der Waals surface area contributed by atoms with E-state index >= 15 is 0 Å². The molecule has 1 unspecified atom stereocenters. The minimum absolute atomic E-state index is 0.262. The largest absolute Gasteiger partial charge is 0.478 e. The molecule has 21 heavy (non-hydrogen) atoms. The molecule has 1 aromatic heterocycles. The number of hydrogen-bond donors (Lipinski definition) is 3. The van der Waals surface area contributed by atoms with Gasteiger partial charge in [0.1, 0.15) is 0 Å². The molecule has 1 aromatic carbocycles. The van der Waals surface area contributed by atoms with Gasteiger partial charge in [-0.1, -0.05) is 6.92 Å². The molecule has 2 rings (SSSR count). The van der Waals surface area contributed by atoms with Gasteiger partial charge in [0.05, 0.1) is 17.2 Å². The molecule has 1 heterocycles. The highest BCUT2D eigenvalue weighted by atomic mass is 16.4. The zero-order valence-electron chi connectivity index (χ0n) is 12.5. The maximum Gasteiger partial charge on any atom is 0.335 e. The molecule has 0 aliphatic rings. The van der Waals surface area contributed by atoms with Gasteiger partial charge in [-0.05, 0) is 44.0 Å². The van der Waals surface area contributed by atoms with E-state index in [9.17, 15) is 15.0 Å². The van der Waals surface area contributed by atoms with E-state index in [2.05, 4.69) is 4.57 Å². The summed E-state index contributed by atoms with van der Waals surface area (Å²) in [5.41, 5.74) is 8.59. The maximum absolute atomic E-state index is 11.3. The summed E-state index contributed by atoms with van der Waals surface area (Å²) >= 11 is 0. The van der Waals surface area contributed by atoms with Crippen LogP contribution in [0.1, 0.15) is 47.9 Å². The van der Waals surface area contributed by atoms with Crippen LogP contribution in [0.2, 0.25) is 0 Å². The third-order valence-corrected chi connectivity index (χ3v) is 3.76. The van der Waals surface area contributed by atoms with E-state index in [1.54, 1.807) is 19.1 Å². The lowest BCUT2D eigenvalue weighted by molar-refractivity contribution is 0.0697. The fourth-order valence-corrected chi connectivity index (χ4v) is 2.72. The number of aromatic carboxylic acids is 1. The van der Waals surface area contributed by atoms with Gasteiger partial charge in [-0.15, -0.1) is 0 Å². The molecule has 0 aliphatic heterocycles. The molecular formula is C16H22N2O3. The number of nitrogens with two attached hydrogens (primary N) is 1. The molecule has 114 valence electrons. The Labute approximate surface area is 124 Å². The van der Waals surface area contributed by atoms with Gasteiger partial charge < -0.3 is 20.5 Å². The molecule has 0 spiro atoms. The Morgan fingerprint density at radius 2 is 2.14 bits per heavy atom. The van der Waals surface area contributed by atoms with Crippen molar-refractivity contribution in [2.24, 2.45) is 5.73 Å². The number of hydrogen-bond acceptors (Lipinski definition) is 3. The average Bonchev–Trinajstić information content (AvgIpc) is 2.83. The minimum Gasteiger partial charge on any atom is -0.478 e. The van der Waals surface area contributed by atoms with Crippen LogP contribution in [-0.2, 0) is 13.0 Å². The number of aliphatic hydroxyl groups excluding tert-OH is 1. The van der Waals surface area contributed by atoms with Crippen molar-refractivity contribution in [2.75, 3.05) is 6.54 Å². The number of aryl methyl sites for hydroxylation is 2. The lowest BCUT2D eigenvalue weighted by Crippen LogP contribution is -2.06. The fraction of sp³-hybridized carbons (Fsp3) is 0.438. The van der Waals surface area contributed by atoms with Crippen LogP contribution < -0.4 is 5.73 Å². The Balaban J connectivity index is 2.73. The summed E-state index contributed by atoms with van der Waals surface area (Å²) in [7, 11) is 0. The van der Waals surface area contributed by atoms with E-state index in [-0.39, 0.29) is 5.56 Å². The van der Waals surface area contributed by atoms with Gasteiger partial charge in [0.2, 0.25) is 0 Å². The van der Waals surface area contributed by atoms with Gasteiger partial charge in [-0.2, -0.15) is 0 Å². The van der Waals surface area contributed by atoms with Gasteiger partial charge in [-0.3, -0.25) is 0 Å². The van der Waals surface area contributed by atoms with Crippen molar-refractivity contribution in [3.8, 4) is 0 Å². The van der Waals surface area contributed by atoms with Crippen LogP contribution >= 0.6 is 0 Å². The number of nitrogens with zero attached hydrogens (tertiary/aromatic N) is 1. The summed E-state index contributed by atoms with van der Waals surface area (Å²) in [6, 6.07) is 3.37. The molecule has 0 saturated carbocycles. The Kier molecular flexibility index (Phi) is 4.65. The number of carboxylic acid groups (broad SMARTS) is 1. The van der Waals surface area contributed by atoms with Gasteiger partial charge in [0.25, 0.3) is 0 Å². The Bertz CT molecular complexity index is 659. The number of aromatic nitrogens is 1. The molecule has 0 fully saturated rings. The van der Waals surface area contributed by atoms with Crippen molar-refractivity contribution in [1.29, 1.82) is 0 Å². The standard InChI is InChI=1S/C16H22N2O3/c1-3-11-7-12(16(20)21)8-13-14(10(2)19)9-18(15(11)13)6-4-5-17/h7-10,19H,3-6,17H2,1-2H3,(H,20,21). The van der Waals surface area contributed by atoms with Crippen molar-refractivity contribution in [1.82, 2.24) is 4.57 Å². The summed E-state index contributed by atoms with van der Waals surface area (Å²) in [5.74, 6) is -0.946. The fourth-order valence-electron chi connectivity index (χ4n) is 2.72. The zero-order valence-corrected chi connectivity index (χ0v) is 12.5.